The van der Waals surface area contributed by atoms with E-state index in [2.05, 4.69) is 10.4 Å². The maximum absolute atomic E-state index is 12.3. The highest BCUT2D eigenvalue weighted by molar-refractivity contribution is 6.02. The molecule has 5 heteroatoms. The topological polar surface area (TPSA) is 66.9 Å². The van der Waals surface area contributed by atoms with Gasteiger partial charge in [0.25, 0.3) is 5.56 Å². The maximum atomic E-state index is 12.3. The molecule has 1 aromatic heterocycles. The summed E-state index contributed by atoms with van der Waals surface area (Å²) in [6.45, 7) is 1.86. The van der Waals surface area contributed by atoms with E-state index in [0.29, 0.717) is 11.5 Å². The van der Waals surface area contributed by atoms with Crippen LogP contribution in [0.4, 0.5) is 5.82 Å². The molecule has 0 amide bonds. The summed E-state index contributed by atoms with van der Waals surface area (Å²) in [5, 5.41) is 6.00. The highest BCUT2D eigenvalue weighted by atomic mass is 16.2. The van der Waals surface area contributed by atoms with Gasteiger partial charge in [-0.3, -0.25) is 14.7 Å². The molecule has 3 rings (SSSR count). The van der Waals surface area contributed by atoms with Crippen LogP contribution in [0.15, 0.2) is 46.9 Å². The molecule has 1 aliphatic heterocycles. The van der Waals surface area contributed by atoms with Gasteiger partial charge in [0.15, 0.2) is 5.78 Å². The number of anilines is 1. The van der Waals surface area contributed by atoms with Crippen LogP contribution < -0.4 is 10.9 Å². The highest BCUT2D eigenvalue weighted by Gasteiger charge is 2.23. The quantitative estimate of drug-likeness (QED) is 0.819. The number of ketones is 1. The number of hydrogen-bond donors (Lipinski definition) is 2. The minimum absolute atomic E-state index is 0.171. The second kappa shape index (κ2) is 4.28. The van der Waals surface area contributed by atoms with Gasteiger partial charge in [0.05, 0.1) is 5.69 Å². The van der Waals surface area contributed by atoms with Gasteiger partial charge in [-0.05, 0) is 19.1 Å². The van der Waals surface area contributed by atoms with E-state index in [1.165, 1.54) is 4.68 Å². The number of H-pyrrole nitrogens is 1. The lowest BCUT2D eigenvalue weighted by Crippen LogP contribution is -2.19. The molecule has 1 aromatic carbocycles. The van der Waals surface area contributed by atoms with Crippen molar-refractivity contribution in [3.05, 3.63) is 58.0 Å². The van der Waals surface area contributed by atoms with Crippen molar-refractivity contribution in [2.75, 3.05) is 5.32 Å². The Morgan fingerprint density at radius 3 is 2.63 bits per heavy atom. The average molecular weight is 255 g/mol. The number of fused-ring (bicyclic) bond motifs is 1. The van der Waals surface area contributed by atoms with E-state index < -0.39 is 0 Å². The van der Waals surface area contributed by atoms with Gasteiger partial charge in [0, 0.05) is 12.1 Å². The number of nitrogens with zero attached hydrogens (tertiary/aromatic N) is 1. The molecule has 1 aliphatic rings. The number of benzene rings is 1. The zero-order valence-corrected chi connectivity index (χ0v) is 10.4. The van der Waals surface area contributed by atoms with Gasteiger partial charge in [-0.1, -0.05) is 24.3 Å². The first-order chi connectivity index (χ1) is 9.16. The molecule has 0 atom stereocenters. The lowest BCUT2D eigenvalue weighted by atomic mass is 10.1. The Morgan fingerprint density at radius 1 is 1.16 bits per heavy atom. The van der Waals surface area contributed by atoms with Crippen LogP contribution in [0.5, 0.6) is 0 Å². The molecule has 0 fully saturated rings. The Balaban J connectivity index is 2.20. The van der Waals surface area contributed by atoms with Crippen molar-refractivity contribution in [3.63, 3.8) is 0 Å². The fourth-order valence-corrected chi connectivity index (χ4v) is 2.14. The fourth-order valence-electron chi connectivity index (χ4n) is 2.14. The largest absolute Gasteiger partial charge is 0.344 e. The van der Waals surface area contributed by atoms with Gasteiger partial charge >= 0.3 is 0 Å². The minimum Gasteiger partial charge on any atom is -0.344 e. The minimum atomic E-state index is -0.318. The molecule has 96 valence electrons. The molecule has 2 heterocycles. The van der Waals surface area contributed by atoms with Crippen molar-refractivity contribution < 1.29 is 4.79 Å². The summed E-state index contributed by atoms with van der Waals surface area (Å²) >= 11 is 0. The number of hydrogen-bond acceptors (Lipinski definition) is 3. The van der Waals surface area contributed by atoms with Gasteiger partial charge in [-0.15, -0.1) is 0 Å². The lowest BCUT2D eigenvalue weighted by Gasteiger charge is -2.03. The standard InChI is InChI=1S/C14H13N3O2/c1-9-7-8-11(18)12-13(15-9)16-17(14(12)19)10-5-3-2-4-6-10/h2-7,15-16H,8H2,1H3. The Morgan fingerprint density at radius 2 is 1.89 bits per heavy atom. The summed E-state index contributed by atoms with van der Waals surface area (Å²) in [6, 6.07) is 9.18. The van der Waals surface area contributed by atoms with E-state index >= 15 is 0 Å². The van der Waals surface area contributed by atoms with E-state index in [1.807, 2.05) is 37.3 Å². The Labute approximate surface area is 109 Å². The molecular formula is C14H13N3O2. The molecule has 0 radical (unpaired) electrons. The summed E-state index contributed by atoms with van der Waals surface area (Å²) in [7, 11) is 0. The third-order valence-corrected chi connectivity index (χ3v) is 3.10. The maximum Gasteiger partial charge on any atom is 0.284 e. The molecule has 0 aliphatic carbocycles. The third kappa shape index (κ3) is 1.89. The number of para-hydroxylation sites is 1. The van der Waals surface area contributed by atoms with Crippen LogP contribution in [0.25, 0.3) is 5.69 Å². The van der Waals surface area contributed by atoms with Crippen LogP contribution in [0.2, 0.25) is 0 Å². The van der Waals surface area contributed by atoms with E-state index in [9.17, 15) is 9.59 Å². The first-order valence-corrected chi connectivity index (χ1v) is 6.04. The molecule has 0 spiro atoms. The average Bonchev–Trinajstić information content (AvgIpc) is 2.66. The van der Waals surface area contributed by atoms with Gasteiger partial charge < -0.3 is 5.32 Å². The van der Waals surface area contributed by atoms with E-state index in [4.69, 9.17) is 0 Å². The molecule has 2 N–H and O–H groups in total. The predicted molar refractivity (Wildman–Crippen MR) is 72.7 cm³/mol. The van der Waals surface area contributed by atoms with Crippen LogP contribution in [-0.2, 0) is 0 Å². The molecule has 19 heavy (non-hydrogen) atoms. The molecule has 0 saturated heterocycles. The number of nitrogens with one attached hydrogen (secondary N) is 2. The van der Waals surface area contributed by atoms with Gasteiger partial charge in [0.2, 0.25) is 0 Å². The molecule has 2 aromatic rings. The van der Waals surface area contributed by atoms with Crippen molar-refractivity contribution in [3.8, 4) is 5.69 Å². The number of carbonyl (C=O) groups is 1. The molecule has 0 bridgehead atoms. The summed E-state index contributed by atoms with van der Waals surface area (Å²) in [5.41, 5.74) is 1.43. The first-order valence-electron chi connectivity index (χ1n) is 6.04. The van der Waals surface area contributed by atoms with Crippen molar-refractivity contribution in [2.45, 2.75) is 13.3 Å². The van der Waals surface area contributed by atoms with Gasteiger partial charge in [0.1, 0.15) is 11.4 Å². The van der Waals surface area contributed by atoms with Crippen LogP contribution in [-0.4, -0.2) is 15.6 Å². The Hall–Kier alpha value is -2.56. The van der Waals surface area contributed by atoms with Crippen LogP contribution >= 0.6 is 0 Å². The lowest BCUT2D eigenvalue weighted by molar-refractivity contribution is 0.0996. The van der Waals surface area contributed by atoms with Crippen LogP contribution in [0.1, 0.15) is 23.7 Å². The predicted octanol–water partition coefficient (Wildman–Crippen LogP) is 2.07. The molecular weight excluding hydrogens is 242 g/mol. The zero-order valence-electron chi connectivity index (χ0n) is 10.4. The summed E-state index contributed by atoms with van der Waals surface area (Å²) in [5.74, 6) is 0.292. The number of rotatable bonds is 1. The monoisotopic (exact) mass is 255 g/mol. The Kier molecular flexibility index (Phi) is 2.59. The van der Waals surface area contributed by atoms with Crippen molar-refractivity contribution >= 4 is 11.6 Å². The van der Waals surface area contributed by atoms with E-state index in [-0.39, 0.29) is 23.3 Å². The molecule has 5 nitrogen and oxygen atoms in total. The van der Waals surface area contributed by atoms with Crippen molar-refractivity contribution in [2.24, 2.45) is 0 Å². The summed E-state index contributed by atoms with van der Waals surface area (Å²) in [4.78, 5) is 24.3. The Bertz CT molecular complexity index is 723. The fraction of sp³-hybridized carbons (Fsp3) is 0.143. The van der Waals surface area contributed by atoms with Gasteiger partial charge in [-0.2, -0.15) is 0 Å². The number of allylic oxidation sites excluding steroid dienone is 2. The smallest absolute Gasteiger partial charge is 0.284 e. The first kappa shape index (κ1) is 11.5. The SMILES string of the molecule is CC1=CCC(=O)c2c([nH]n(-c3ccccc3)c2=O)N1. The van der Waals surface area contributed by atoms with Crippen molar-refractivity contribution in [1.29, 1.82) is 0 Å². The van der Waals surface area contributed by atoms with E-state index in [1.54, 1.807) is 6.08 Å². The highest BCUT2D eigenvalue weighted by Crippen LogP contribution is 2.19. The van der Waals surface area contributed by atoms with Crippen LogP contribution in [0, 0.1) is 0 Å². The van der Waals surface area contributed by atoms with Crippen LogP contribution in [0.3, 0.4) is 0 Å². The van der Waals surface area contributed by atoms with Crippen molar-refractivity contribution in [1.82, 2.24) is 9.78 Å². The number of aromatic amines is 1. The number of Topliss-reactive ketones (excluding diaryl/α,β-unsaturated/α-hetero) is 1. The second-order valence-corrected chi connectivity index (χ2v) is 4.48. The summed E-state index contributed by atoms with van der Waals surface area (Å²) in [6.07, 6.45) is 2.02. The molecule has 0 unspecified atom stereocenters. The molecule has 0 saturated carbocycles. The second-order valence-electron chi connectivity index (χ2n) is 4.48. The third-order valence-electron chi connectivity index (χ3n) is 3.10. The summed E-state index contributed by atoms with van der Waals surface area (Å²) < 4.78 is 1.38. The zero-order chi connectivity index (χ0) is 13.4. The number of carbonyl (C=O) groups excluding carboxylic acids is 1. The normalized spacial score (nSPS) is 14.4. The van der Waals surface area contributed by atoms with E-state index in [0.717, 1.165) is 5.70 Å². The number of aromatic nitrogens is 2. The van der Waals surface area contributed by atoms with Gasteiger partial charge in [-0.25, -0.2) is 4.68 Å².